The van der Waals surface area contributed by atoms with Crippen molar-refractivity contribution in [1.82, 2.24) is 4.98 Å². The highest BCUT2D eigenvalue weighted by Gasteiger charge is 2.12. The number of hydrogen-bond donors (Lipinski definition) is 1. The third-order valence-electron chi connectivity index (χ3n) is 2.20. The number of aromatic hydroxyl groups is 1. The van der Waals surface area contributed by atoms with Crippen molar-refractivity contribution < 1.29 is 5.11 Å². The van der Waals surface area contributed by atoms with Gasteiger partial charge in [0, 0.05) is 10.6 Å². The highest BCUT2D eigenvalue weighted by molar-refractivity contribution is 8.01. The molecule has 1 aliphatic heterocycles. The van der Waals surface area contributed by atoms with Crippen LogP contribution in [0.2, 0.25) is 0 Å². The van der Waals surface area contributed by atoms with E-state index in [-0.39, 0.29) is 0 Å². The third kappa shape index (κ3) is 1.84. The van der Waals surface area contributed by atoms with Gasteiger partial charge in [-0.15, -0.1) is 23.1 Å². The highest BCUT2D eigenvalue weighted by Crippen LogP contribution is 2.39. The number of aromatic nitrogens is 1. The van der Waals surface area contributed by atoms with E-state index in [1.807, 2.05) is 23.9 Å². The van der Waals surface area contributed by atoms with E-state index in [1.54, 1.807) is 23.1 Å². The van der Waals surface area contributed by atoms with Crippen LogP contribution < -0.4 is 0 Å². The molecule has 15 heavy (non-hydrogen) atoms. The molecule has 0 saturated carbocycles. The largest absolute Gasteiger partial charge is 0.508 e. The predicted molar refractivity (Wildman–Crippen MR) is 67.3 cm³/mol. The van der Waals surface area contributed by atoms with E-state index in [0.717, 1.165) is 31.0 Å². The second kappa shape index (κ2) is 3.88. The molecule has 1 aromatic carbocycles. The van der Waals surface area contributed by atoms with Gasteiger partial charge in [-0.25, -0.2) is 4.98 Å². The quantitative estimate of drug-likeness (QED) is 0.780. The molecule has 2 aromatic rings. The summed E-state index contributed by atoms with van der Waals surface area (Å²) in [5.74, 6) is 2.60. The number of fused-ring (bicyclic) bond motifs is 1. The van der Waals surface area contributed by atoms with Gasteiger partial charge in [-0.3, -0.25) is 0 Å². The average molecular weight is 255 g/mol. The van der Waals surface area contributed by atoms with Crippen molar-refractivity contribution in [2.24, 2.45) is 0 Å². The molecule has 0 saturated heterocycles. The van der Waals surface area contributed by atoms with Crippen molar-refractivity contribution in [3.63, 3.8) is 0 Å². The van der Waals surface area contributed by atoms with E-state index in [2.05, 4.69) is 4.98 Å². The molecule has 0 radical (unpaired) electrons. The van der Waals surface area contributed by atoms with E-state index in [9.17, 15) is 5.11 Å². The van der Waals surface area contributed by atoms with Crippen LogP contribution in [0.4, 0.5) is 0 Å². The average Bonchev–Trinajstić information content (AvgIpc) is 2.61. The fourth-order valence-electron chi connectivity index (χ4n) is 1.54. The topological polar surface area (TPSA) is 33.1 Å². The SMILES string of the molecule is Oc1cc2c3nc(sc3c1)SCCCS2. The lowest BCUT2D eigenvalue weighted by Crippen LogP contribution is -1.83. The van der Waals surface area contributed by atoms with Crippen molar-refractivity contribution in [2.75, 3.05) is 11.5 Å². The lowest BCUT2D eigenvalue weighted by Gasteiger charge is -2.02. The lowest BCUT2D eigenvalue weighted by atomic mass is 10.3. The van der Waals surface area contributed by atoms with Gasteiger partial charge in [0.25, 0.3) is 0 Å². The number of rotatable bonds is 0. The summed E-state index contributed by atoms with van der Waals surface area (Å²) in [5.41, 5.74) is 1.06. The van der Waals surface area contributed by atoms with Gasteiger partial charge in [-0.1, -0.05) is 11.8 Å². The van der Waals surface area contributed by atoms with Crippen LogP contribution in [0.5, 0.6) is 5.75 Å². The van der Waals surface area contributed by atoms with Gasteiger partial charge in [-0.2, -0.15) is 0 Å². The zero-order valence-corrected chi connectivity index (χ0v) is 10.3. The monoisotopic (exact) mass is 255 g/mol. The Balaban J connectivity index is 2.26. The minimum atomic E-state index is 0.353. The first-order valence-electron chi connectivity index (χ1n) is 4.72. The van der Waals surface area contributed by atoms with Crippen LogP contribution in [-0.2, 0) is 0 Å². The molecule has 1 aliphatic rings. The fourth-order valence-corrected chi connectivity index (χ4v) is 4.92. The Bertz CT molecular complexity index is 509. The zero-order chi connectivity index (χ0) is 10.3. The molecule has 0 spiro atoms. The Labute approximate surface area is 100 Å². The van der Waals surface area contributed by atoms with E-state index < -0.39 is 0 Å². The van der Waals surface area contributed by atoms with Gasteiger partial charge in [0.1, 0.15) is 5.75 Å². The van der Waals surface area contributed by atoms with E-state index in [4.69, 9.17) is 0 Å². The minimum Gasteiger partial charge on any atom is -0.508 e. The van der Waals surface area contributed by atoms with Gasteiger partial charge in [0.05, 0.1) is 10.2 Å². The Kier molecular flexibility index (Phi) is 2.54. The van der Waals surface area contributed by atoms with Crippen molar-refractivity contribution in [3.05, 3.63) is 12.1 Å². The molecule has 0 amide bonds. The highest BCUT2D eigenvalue weighted by atomic mass is 32.2. The zero-order valence-electron chi connectivity index (χ0n) is 7.90. The lowest BCUT2D eigenvalue weighted by molar-refractivity contribution is 0.475. The van der Waals surface area contributed by atoms with E-state index in [0.29, 0.717) is 5.75 Å². The molecule has 0 atom stereocenters. The molecule has 78 valence electrons. The van der Waals surface area contributed by atoms with Gasteiger partial charge >= 0.3 is 0 Å². The van der Waals surface area contributed by atoms with Gasteiger partial charge in [-0.05, 0) is 24.3 Å². The normalized spacial score (nSPS) is 16.3. The number of phenolic OH excluding ortho intramolecular Hbond substituents is 1. The first-order chi connectivity index (χ1) is 7.33. The summed E-state index contributed by atoms with van der Waals surface area (Å²) in [6.45, 7) is 0. The molecular formula is C10H9NOS3. The van der Waals surface area contributed by atoms with Crippen molar-refractivity contribution in [1.29, 1.82) is 0 Å². The maximum atomic E-state index is 9.60. The Morgan fingerprint density at radius 3 is 3.00 bits per heavy atom. The van der Waals surface area contributed by atoms with Crippen LogP contribution >= 0.6 is 34.9 Å². The molecule has 1 N–H and O–H groups in total. The number of thioether (sulfide) groups is 2. The summed E-state index contributed by atoms with van der Waals surface area (Å²) in [6, 6.07) is 3.63. The predicted octanol–water partition coefficient (Wildman–Crippen LogP) is 3.59. The second-order valence-corrected chi connectivity index (χ2v) is 6.83. The number of thiazole rings is 1. The summed E-state index contributed by atoms with van der Waals surface area (Å²) in [7, 11) is 0. The van der Waals surface area contributed by atoms with Crippen LogP contribution in [0.25, 0.3) is 10.2 Å². The summed E-state index contributed by atoms with van der Waals surface area (Å²) >= 11 is 5.30. The number of hydrogen-bond acceptors (Lipinski definition) is 5. The Morgan fingerprint density at radius 1 is 1.20 bits per heavy atom. The fraction of sp³-hybridized carbons (Fsp3) is 0.300. The minimum absolute atomic E-state index is 0.353. The van der Waals surface area contributed by atoms with Crippen molar-refractivity contribution >= 4 is 45.1 Å². The number of benzene rings is 1. The molecule has 1 aromatic heterocycles. The van der Waals surface area contributed by atoms with E-state index >= 15 is 0 Å². The van der Waals surface area contributed by atoms with Gasteiger partial charge in [0.2, 0.25) is 0 Å². The molecule has 5 heteroatoms. The van der Waals surface area contributed by atoms with Crippen LogP contribution in [0.3, 0.4) is 0 Å². The standard InChI is InChI=1S/C10H9NOS3/c12-6-4-7-9-8(5-6)15-10(11-9)14-3-1-2-13-7/h4-5,12H,1-3H2. The summed E-state index contributed by atoms with van der Waals surface area (Å²) in [6.07, 6.45) is 1.19. The maximum absolute atomic E-state index is 9.60. The summed E-state index contributed by atoms with van der Waals surface area (Å²) in [5, 5.41) is 9.60. The van der Waals surface area contributed by atoms with Gasteiger partial charge in [0.15, 0.2) is 4.34 Å². The first-order valence-corrected chi connectivity index (χ1v) is 7.51. The maximum Gasteiger partial charge on any atom is 0.151 e. The van der Waals surface area contributed by atoms with Crippen molar-refractivity contribution in [3.8, 4) is 5.75 Å². The van der Waals surface area contributed by atoms with Crippen LogP contribution in [0.1, 0.15) is 6.42 Å². The second-order valence-electron chi connectivity index (χ2n) is 3.32. The van der Waals surface area contributed by atoms with Crippen molar-refractivity contribution in [2.45, 2.75) is 15.7 Å². The van der Waals surface area contributed by atoms with Crippen LogP contribution in [0.15, 0.2) is 21.4 Å². The summed E-state index contributed by atoms with van der Waals surface area (Å²) < 4.78 is 2.22. The van der Waals surface area contributed by atoms with Crippen LogP contribution in [-0.4, -0.2) is 21.6 Å². The third-order valence-corrected chi connectivity index (χ3v) is 5.54. The molecule has 2 heterocycles. The smallest absolute Gasteiger partial charge is 0.151 e. The van der Waals surface area contributed by atoms with Crippen LogP contribution in [0, 0.1) is 0 Å². The molecule has 0 aliphatic carbocycles. The Hall–Kier alpha value is -0.390. The van der Waals surface area contributed by atoms with Gasteiger partial charge < -0.3 is 5.11 Å². The molecule has 2 bridgehead atoms. The number of nitrogens with zero attached hydrogens (tertiary/aromatic N) is 1. The molecule has 0 fully saturated rings. The molecule has 2 nitrogen and oxygen atoms in total. The molecule has 0 unspecified atom stereocenters. The Morgan fingerprint density at radius 2 is 2.07 bits per heavy atom. The van der Waals surface area contributed by atoms with E-state index in [1.165, 1.54) is 6.42 Å². The number of phenols is 1. The molecular weight excluding hydrogens is 246 g/mol. The molecule has 3 rings (SSSR count). The summed E-state index contributed by atoms with van der Waals surface area (Å²) in [4.78, 5) is 5.72. The first kappa shape index (κ1) is 9.81.